The van der Waals surface area contributed by atoms with Crippen LogP contribution >= 0.6 is 0 Å². The molecule has 6 atom stereocenters. The van der Waals surface area contributed by atoms with E-state index in [1.165, 1.54) is 62.5 Å². The van der Waals surface area contributed by atoms with Crippen LogP contribution in [0.4, 0.5) is 0 Å². The van der Waals surface area contributed by atoms with Crippen molar-refractivity contribution in [2.24, 2.45) is 40.9 Å². The van der Waals surface area contributed by atoms with E-state index in [2.05, 4.69) is 86.4 Å². The summed E-state index contributed by atoms with van der Waals surface area (Å²) in [6.45, 7) is 28.4. The van der Waals surface area contributed by atoms with E-state index in [9.17, 15) is 0 Å². The van der Waals surface area contributed by atoms with Gasteiger partial charge in [-0.1, -0.05) is 83.6 Å². The van der Waals surface area contributed by atoms with Crippen LogP contribution in [0.3, 0.4) is 0 Å². The van der Waals surface area contributed by atoms with Crippen molar-refractivity contribution in [3.8, 4) is 0 Å². The lowest BCUT2D eigenvalue weighted by Gasteiger charge is -2.43. The molecule has 0 N–H and O–H groups in total. The largest absolute Gasteiger partial charge is 0.103 e. The Bertz CT molecular complexity index is 577. The van der Waals surface area contributed by atoms with Crippen molar-refractivity contribution < 1.29 is 0 Å². The van der Waals surface area contributed by atoms with E-state index in [0.29, 0.717) is 11.8 Å². The summed E-state index contributed by atoms with van der Waals surface area (Å²) < 4.78 is 0. The van der Waals surface area contributed by atoms with Gasteiger partial charge in [-0.05, 0) is 99.7 Å². The molecule has 30 heavy (non-hydrogen) atoms. The van der Waals surface area contributed by atoms with Gasteiger partial charge in [0.05, 0.1) is 0 Å². The molecule has 172 valence electrons. The van der Waals surface area contributed by atoms with Crippen LogP contribution < -0.4 is 0 Å². The number of hydrogen-bond donors (Lipinski definition) is 0. The first-order valence-corrected chi connectivity index (χ1v) is 12.6. The van der Waals surface area contributed by atoms with E-state index in [1.807, 2.05) is 0 Å². The van der Waals surface area contributed by atoms with Gasteiger partial charge in [-0.3, -0.25) is 0 Å². The zero-order chi connectivity index (χ0) is 22.9. The Labute approximate surface area is 190 Å². The fourth-order valence-corrected chi connectivity index (χ4v) is 5.33. The molecule has 0 aliphatic heterocycles. The summed E-state index contributed by atoms with van der Waals surface area (Å²) in [5.41, 5.74) is 2.87. The lowest BCUT2D eigenvalue weighted by Crippen LogP contribution is -2.33. The van der Waals surface area contributed by atoms with Crippen molar-refractivity contribution in [1.82, 2.24) is 0 Å². The summed E-state index contributed by atoms with van der Waals surface area (Å²) in [5, 5.41) is 0. The van der Waals surface area contributed by atoms with Gasteiger partial charge in [-0.2, -0.15) is 0 Å². The van der Waals surface area contributed by atoms with Gasteiger partial charge in [-0.15, -0.1) is 6.58 Å². The lowest BCUT2D eigenvalue weighted by atomic mass is 9.61. The topological polar surface area (TPSA) is 0 Å². The molecule has 0 aromatic carbocycles. The van der Waals surface area contributed by atoms with Gasteiger partial charge in [0, 0.05) is 0 Å². The molecule has 0 heteroatoms. The Kier molecular flexibility index (Phi) is 11.5. The summed E-state index contributed by atoms with van der Waals surface area (Å²) in [7, 11) is 0. The third-order valence-corrected chi connectivity index (χ3v) is 8.07. The van der Waals surface area contributed by atoms with E-state index in [-0.39, 0.29) is 5.41 Å². The lowest BCUT2D eigenvalue weighted by molar-refractivity contribution is 0.170. The average molecular weight is 413 g/mol. The standard InChI is InChI=1S/C15H24.C15H28/c1-7-15(6)9-8-13(11(2)3)10-14(15)12(4)5;1-12(2)15-10-8-13(3)6-5-7-14(4)9-11-15/h7,13-14H,1-2,4,8-10H2,3,5-6H3;5-6,12-15H,7-11H2,1-4H3/b;6-5+/t2*13-,14+,15-/m01/s1. The second-order valence-electron chi connectivity index (χ2n) is 11.3. The highest BCUT2D eigenvalue weighted by Crippen LogP contribution is 2.48. The van der Waals surface area contributed by atoms with Gasteiger partial charge in [-0.25, -0.2) is 0 Å². The average Bonchev–Trinajstić information content (AvgIpc) is 2.67. The zero-order valence-electron chi connectivity index (χ0n) is 21.5. The molecule has 0 amide bonds. The van der Waals surface area contributed by atoms with Crippen molar-refractivity contribution in [2.45, 2.75) is 99.8 Å². The first kappa shape index (κ1) is 27.0. The van der Waals surface area contributed by atoms with Crippen molar-refractivity contribution in [1.29, 1.82) is 0 Å². The molecule has 0 spiro atoms. The van der Waals surface area contributed by atoms with E-state index in [1.54, 1.807) is 0 Å². The van der Waals surface area contributed by atoms with Crippen LogP contribution in [0.2, 0.25) is 0 Å². The van der Waals surface area contributed by atoms with Crippen molar-refractivity contribution in [3.05, 3.63) is 49.1 Å². The Morgan fingerprint density at radius 1 is 1.00 bits per heavy atom. The maximum absolute atomic E-state index is 4.14. The van der Waals surface area contributed by atoms with Crippen molar-refractivity contribution >= 4 is 0 Å². The highest BCUT2D eigenvalue weighted by Gasteiger charge is 2.38. The van der Waals surface area contributed by atoms with E-state index < -0.39 is 0 Å². The fourth-order valence-electron chi connectivity index (χ4n) is 5.33. The molecular formula is C30H52. The predicted octanol–water partition coefficient (Wildman–Crippen LogP) is 9.80. The van der Waals surface area contributed by atoms with E-state index in [4.69, 9.17) is 0 Å². The summed E-state index contributed by atoms with van der Waals surface area (Å²) in [4.78, 5) is 0. The highest BCUT2D eigenvalue weighted by molar-refractivity contribution is 5.15. The van der Waals surface area contributed by atoms with Gasteiger partial charge >= 0.3 is 0 Å². The van der Waals surface area contributed by atoms with Crippen LogP contribution in [-0.4, -0.2) is 0 Å². The first-order valence-electron chi connectivity index (χ1n) is 12.6. The molecule has 0 aromatic rings. The Morgan fingerprint density at radius 3 is 2.17 bits per heavy atom. The molecule has 1 fully saturated rings. The van der Waals surface area contributed by atoms with Crippen LogP contribution in [0.1, 0.15) is 99.8 Å². The van der Waals surface area contributed by atoms with Crippen molar-refractivity contribution in [3.63, 3.8) is 0 Å². The van der Waals surface area contributed by atoms with Gasteiger partial charge in [0.25, 0.3) is 0 Å². The van der Waals surface area contributed by atoms with Crippen molar-refractivity contribution in [2.75, 3.05) is 0 Å². The molecule has 0 saturated heterocycles. The molecule has 0 heterocycles. The maximum Gasteiger partial charge on any atom is -0.00836 e. The smallest absolute Gasteiger partial charge is 0.00836 e. The fraction of sp³-hybridized carbons (Fsp3) is 0.733. The van der Waals surface area contributed by atoms with Gasteiger partial charge in [0.1, 0.15) is 0 Å². The summed E-state index contributed by atoms with van der Waals surface area (Å²) in [5.74, 6) is 4.75. The monoisotopic (exact) mass is 412 g/mol. The molecule has 2 aliphatic carbocycles. The Morgan fingerprint density at radius 2 is 1.63 bits per heavy atom. The third kappa shape index (κ3) is 8.60. The Hall–Kier alpha value is -1.04. The SMILES string of the molecule is C=C[C@@]1(C)CC[C@H](C(=C)C)C[C@@H]1C(=C)C.CC(C)[C@H]1CC[C@@H](C)C/C=C/[C@@H](C)CC1. The summed E-state index contributed by atoms with van der Waals surface area (Å²) in [6.07, 6.45) is 17.6. The van der Waals surface area contributed by atoms with E-state index in [0.717, 1.165) is 23.7 Å². The first-order chi connectivity index (χ1) is 14.0. The molecule has 0 radical (unpaired) electrons. The number of rotatable bonds is 4. The minimum Gasteiger partial charge on any atom is -0.103 e. The minimum absolute atomic E-state index is 0.248. The second-order valence-corrected chi connectivity index (χ2v) is 11.3. The van der Waals surface area contributed by atoms with Crippen LogP contribution in [0.5, 0.6) is 0 Å². The number of hydrogen-bond acceptors (Lipinski definition) is 0. The zero-order valence-corrected chi connectivity index (χ0v) is 21.5. The van der Waals surface area contributed by atoms with Gasteiger partial charge in [0.15, 0.2) is 0 Å². The number of allylic oxidation sites excluding steroid dienone is 5. The van der Waals surface area contributed by atoms with Crippen LogP contribution in [0, 0.1) is 40.9 Å². The highest BCUT2D eigenvalue weighted by atomic mass is 14.4. The predicted molar refractivity (Wildman–Crippen MR) is 138 cm³/mol. The summed E-state index contributed by atoms with van der Waals surface area (Å²) in [6, 6.07) is 0. The maximum atomic E-state index is 4.14. The normalized spacial score (nSPS) is 36.2. The quantitative estimate of drug-likeness (QED) is 0.403. The molecule has 0 aromatic heterocycles. The van der Waals surface area contributed by atoms with Crippen LogP contribution in [-0.2, 0) is 0 Å². The second kappa shape index (κ2) is 12.7. The van der Waals surface area contributed by atoms with Crippen LogP contribution in [0.15, 0.2) is 49.1 Å². The third-order valence-electron chi connectivity index (χ3n) is 8.07. The summed E-state index contributed by atoms with van der Waals surface area (Å²) >= 11 is 0. The molecule has 2 rings (SSSR count). The molecule has 1 saturated carbocycles. The minimum atomic E-state index is 0.248. The molecule has 0 bridgehead atoms. The van der Waals surface area contributed by atoms with Gasteiger partial charge in [0.2, 0.25) is 0 Å². The van der Waals surface area contributed by atoms with Crippen LogP contribution in [0.25, 0.3) is 0 Å². The molecule has 0 nitrogen and oxygen atoms in total. The molecule has 2 aliphatic rings. The molecular weight excluding hydrogens is 360 g/mol. The van der Waals surface area contributed by atoms with E-state index >= 15 is 0 Å². The molecule has 0 unspecified atom stereocenters. The Balaban J connectivity index is 0.000000300. The van der Waals surface area contributed by atoms with Gasteiger partial charge < -0.3 is 0 Å².